The molecule has 1 aromatic carbocycles. The van der Waals surface area contributed by atoms with E-state index in [1.54, 1.807) is 16.9 Å². The molecule has 0 radical (unpaired) electrons. The molecule has 1 N–H and O–H groups in total. The standard InChI is InChI=1S/C18H15F3N4O2S/c1-10-3-4-11-8-23-25(2)17(11)16(10)24-28-12-5-6-13(22-9-12)14(26)7-15(27)18(19,20)21/h3-6,8-9,24H,7H2,1-2H3. The lowest BCUT2D eigenvalue weighted by atomic mass is 10.1. The number of fused-ring (bicyclic) bond motifs is 1. The summed E-state index contributed by atoms with van der Waals surface area (Å²) in [4.78, 5) is 27.2. The first-order valence-corrected chi connectivity index (χ1v) is 8.92. The third-order valence-corrected chi connectivity index (χ3v) is 4.82. The van der Waals surface area contributed by atoms with E-state index in [1.165, 1.54) is 24.2 Å². The Morgan fingerprint density at radius 2 is 1.93 bits per heavy atom. The number of halogens is 3. The molecule has 0 fully saturated rings. The van der Waals surface area contributed by atoms with Crippen molar-refractivity contribution in [1.82, 2.24) is 14.8 Å². The number of pyridine rings is 1. The zero-order chi connectivity index (χ0) is 20.5. The van der Waals surface area contributed by atoms with Gasteiger partial charge in [-0.05, 0) is 36.6 Å². The first-order valence-electron chi connectivity index (χ1n) is 8.10. The minimum atomic E-state index is -5.03. The second-order valence-electron chi connectivity index (χ2n) is 6.07. The Bertz CT molecular complexity index is 1050. The predicted octanol–water partition coefficient (Wildman–Crippen LogP) is 4.10. The van der Waals surface area contributed by atoms with E-state index in [9.17, 15) is 22.8 Å². The van der Waals surface area contributed by atoms with Gasteiger partial charge in [0.05, 0.1) is 23.8 Å². The average molecular weight is 408 g/mol. The van der Waals surface area contributed by atoms with Crippen molar-refractivity contribution in [2.24, 2.45) is 7.05 Å². The molecular weight excluding hydrogens is 393 g/mol. The Balaban J connectivity index is 1.70. The molecule has 0 amide bonds. The van der Waals surface area contributed by atoms with Gasteiger partial charge >= 0.3 is 6.18 Å². The van der Waals surface area contributed by atoms with Crippen molar-refractivity contribution in [2.75, 3.05) is 4.72 Å². The van der Waals surface area contributed by atoms with Gasteiger partial charge in [-0.3, -0.25) is 19.3 Å². The minimum absolute atomic E-state index is 0.188. The lowest BCUT2D eigenvalue weighted by Gasteiger charge is -2.11. The van der Waals surface area contributed by atoms with Gasteiger partial charge in [0, 0.05) is 23.5 Å². The molecule has 10 heteroatoms. The lowest BCUT2D eigenvalue weighted by molar-refractivity contribution is -0.170. The van der Waals surface area contributed by atoms with E-state index in [2.05, 4.69) is 14.8 Å². The van der Waals surface area contributed by atoms with E-state index in [1.807, 2.05) is 26.1 Å². The van der Waals surface area contributed by atoms with Gasteiger partial charge in [0.1, 0.15) is 5.69 Å². The number of hydrogen-bond donors (Lipinski definition) is 1. The summed E-state index contributed by atoms with van der Waals surface area (Å²) in [6.07, 6.45) is -3.15. The first-order chi connectivity index (χ1) is 13.2. The third kappa shape index (κ3) is 4.16. The van der Waals surface area contributed by atoms with Crippen LogP contribution in [0.1, 0.15) is 22.5 Å². The highest BCUT2D eigenvalue weighted by molar-refractivity contribution is 8.00. The second kappa shape index (κ2) is 7.63. The molecule has 0 atom stereocenters. The molecule has 0 saturated carbocycles. The fourth-order valence-electron chi connectivity index (χ4n) is 2.55. The Morgan fingerprint density at radius 3 is 2.57 bits per heavy atom. The number of carbonyl (C=O) groups is 2. The summed E-state index contributed by atoms with van der Waals surface area (Å²) in [5.41, 5.74) is 2.62. The fourth-order valence-corrected chi connectivity index (χ4v) is 3.27. The lowest BCUT2D eigenvalue weighted by Crippen LogP contribution is -2.25. The molecule has 146 valence electrons. The number of aromatic nitrogens is 3. The molecule has 3 aromatic rings. The van der Waals surface area contributed by atoms with E-state index in [0.29, 0.717) is 4.90 Å². The van der Waals surface area contributed by atoms with Crippen molar-refractivity contribution in [3.63, 3.8) is 0 Å². The van der Waals surface area contributed by atoms with Crippen molar-refractivity contribution in [1.29, 1.82) is 0 Å². The van der Waals surface area contributed by atoms with Gasteiger partial charge in [0.15, 0.2) is 5.78 Å². The van der Waals surface area contributed by atoms with Crippen LogP contribution in [0.3, 0.4) is 0 Å². The highest BCUT2D eigenvalue weighted by Crippen LogP contribution is 2.31. The van der Waals surface area contributed by atoms with Crippen LogP contribution in [-0.4, -0.2) is 32.5 Å². The summed E-state index contributed by atoms with van der Waals surface area (Å²) >= 11 is 1.24. The molecule has 0 aliphatic carbocycles. The van der Waals surface area contributed by atoms with Gasteiger partial charge in [-0.1, -0.05) is 12.1 Å². The number of benzene rings is 1. The molecule has 0 aliphatic rings. The SMILES string of the molecule is Cc1ccc2cnn(C)c2c1NSc1ccc(C(=O)CC(=O)C(F)(F)F)nc1. The van der Waals surface area contributed by atoms with Crippen molar-refractivity contribution in [3.8, 4) is 0 Å². The molecule has 0 saturated heterocycles. The Kier molecular flexibility index (Phi) is 5.41. The fraction of sp³-hybridized carbons (Fsp3) is 0.222. The number of alkyl halides is 3. The van der Waals surface area contributed by atoms with Crippen molar-refractivity contribution >= 4 is 40.1 Å². The van der Waals surface area contributed by atoms with Crippen LogP contribution in [0, 0.1) is 6.92 Å². The smallest absolute Gasteiger partial charge is 0.323 e. The number of carbonyl (C=O) groups excluding carboxylic acids is 2. The monoisotopic (exact) mass is 408 g/mol. The zero-order valence-electron chi connectivity index (χ0n) is 14.9. The second-order valence-corrected chi connectivity index (χ2v) is 6.95. The average Bonchev–Trinajstić information content (AvgIpc) is 3.01. The summed E-state index contributed by atoms with van der Waals surface area (Å²) in [5, 5.41) is 5.21. The topological polar surface area (TPSA) is 76.9 Å². The molecule has 2 heterocycles. The number of hydrogen-bond acceptors (Lipinski definition) is 6. The Labute approximate surface area is 162 Å². The van der Waals surface area contributed by atoms with Crippen LogP contribution < -0.4 is 4.72 Å². The van der Waals surface area contributed by atoms with Gasteiger partial charge in [-0.2, -0.15) is 18.3 Å². The summed E-state index contributed by atoms with van der Waals surface area (Å²) in [7, 11) is 1.84. The summed E-state index contributed by atoms with van der Waals surface area (Å²) in [5.74, 6) is -3.05. The molecule has 28 heavy (non-hydrogen) atoms. The number of rotatable bonds is 6. The molecular formula is C18H15F3N4O2S. The summed E-state index contributed by atoms with van der Waals surface area (Å²) < 4.78 is 41.8. The van der Waals surface area contributed by atoms with E-state index in [4.69, 9.17) is 0 Å². The van der Waals surface area contributed by atoms with Gasteiger partial charge in [-0.25, -0.2) is 0 Å². The third-order valence-electron chi connectivity index (χ3n) is 4.04. The van der Waals surface area contributed by atoms with Crippen LogP contribution in [0.4, 0.5) is 18.9 Å². The number of Topliss-reactive ketones (excluding diaryl/α,β-unsaturated/α-hetero) is 2. The largest absolute Gasteiger partial charge is 0.450 e. The first kappa shape index (κ1) is 19.9. The number of nitrogens with zero attached hydrogens (tertiary/aromatic N) is 3. The number of ketones is 2. The molecule has 0 bridgehead atoms. The van der Waals surface area contributed by atoms with Crippen LogP contribution >= 0.6 is 11.9 Å². The number of aryl methyl sites for hydroxylation is 2. The Hall–Kier alpha value is -2.88. The van der Waals surface area contributed by atoms with Crippen molar-refractivity contribution in [2.45, 2.75) is 24.4 Å². The van der Waals surface area contributed by atoms with Crippen LogP contribution in [-0.2, 0) is 11.8 Å². The summed E-state index contributed by atoms with van der Waals surface area (Å²) in [6.45, 7) is 1.95. The van der Waals surface area contributed by atoms with Gasteiger partial charge in [0.2, 0.25) is 5.78 Å². The highest BCUT2D eigenvalue weighted by Gasteiger charge is 2.39. The molecule has 3 rings (SSSR count). The maximum atomic E-state index is 12.3. The van der Waals surface area contributed by atoms with E-state index < -0.39 is 24.2 Å². The summed E-state index contributed by atoms with van der Waals surface area (Å²) in [6, 6.07) is 6.78. The minimum Gasteiger partial charge on any atom is -0.323 e. The van der Waals surface area contributed by atoms with E-state index >= 15 is 0 Å². The van der Waals surface area contributed by atoms with Crippen LogP contribution in [0.5, 0.6) is 0 Å². The zero-order valence-corrected chi connectivity index (χ0v) is 15.7. The van der Waals surface area contributed by atoms with Gasteiger partial charge in [0.25, 0.3) is 0 Å². The van der Waals surface area contributed by atoms with Gasteiger partial charge < -0.3 is 4.72 Å². The van der Waals surface area contributed by atoms with Crippen molar-refractivity contribution in [3.05, 3.63) is 47.9 Å². The molecule has 0 unspecified atom stereocenters. The molecule has 2 aromatic heterocycles. The predicted molar refractivity (Wildman–Crippen MR) is 99.2 cm³/mol. The van der Waals surface area contributed by atoms with Crippen molar-refractivity contribution < 1.29 is 22.8 Å². The van der Waals surface area contributed by atoms with Crippen LogP contribution in [0.2, 0.25) is 0 Å². The highest BCUT2D eigenvalue weighted by atomic mass is 32.2. The number of anilines is 1. The normalized spacial score (nSPS) is 11.6. The van der Waals surface area contributed by atoms with E-state index in [0.717, 1.165) is 22.2 Å². The molecule has 6 nitrogen and oxygen atoms in total. The quantitative estimate of drug-likeness (QED) is 0.376. The Morgan fingerprint density at radius 1 is 1.18 bits per heavy atom. The number of nitrogens with one attached hydrogen (secondary N) is 1. The van der Waals surface area contributed by atoms with Crippen LogP contribution in [0.15, 0.2) is 41.6 Å². The van der Waals surface area contributed by atoms with E-state index in [-0.39, 0.29) is 5.69 Å². The molecule has 0 aliphatic heterocycles. The molecule has 0 spiro atoms. The van der Waals surface area contributed by atoms with Gasteiger partial charge in [-0.15, -0.1) is 0 Å². The van der Waals surface area contributed by atoms with Crippen LogP contribution in [0.25, 0.3) is 10.9 Å². The maximum Gasteiger partial charge on any atom is 0.450 e. The maximum absolute atomic E-state index is 12.3.